The van der Waals surface area contributed by atoms with Gasteiger partial charge >= 0.3 is 5.97 Å². The zero-order valence-corrected chi connectivity index (χ0v) is 8.34. The molecule has 0 amide bonds. The highest BCUT2D eigenvalue weighted by molar-refractivity contribution is 5.79. The second-order valence-electron chi connectivity index (χ2n) is 3.31. The summed E-state index contributed by atoms with van der Waals surface area (Å²) in [5.41, 5.74) is 0.572. The summed E-state index contributed by atoms with van der Waals surface area (Å²) in [6.45, 7) is 1.99. The summed E-state index contributed by atoms with van der Waals surface area (Å²) in [5.74, 6) is -2.02. The molecule has 1 fully saturated rings. The van der Waals surface area contributed by atoms with Gasteiger partial charge < -0.3 is 14.6 Å². The highest BCUT2D eigenvalue weighted by atomic mass is 16.8. The maximum atomic E-state index is 11.3. The normalized spacial score (nSPS) is 28.5. The van der Waals surface area contributed by atoms with E-state index >= 15 is 0 Å². The van der Waals surface area contributed by atoms with Gasteiger partial charge in [0.15, 0.2) is 0 Å². The van der Waals surface area contributed by atoms with Crippen molar-refractivity contribution in [3.8, 4) is 0 Å². The largest absolute Gasteiger partial charge is 0.464 e. The van der Waals surface area contributed by atoms with E-state index in [2.05, 4.69) is 0 Å². The monoisotopic (exact) mass is 208 g/mol. The van der Waals surface area contributed by atoms with Gasteiger partial charge in [0.25, 0.3) is 0 Å². The van der Waals surface area contributed by atoms with Crippen LogP contribution < -0.4 is 0 Å². The van der Waals surface area contributed by atoms with E-state index in [-0.39, 0.29) is 6.61 Å². The standard InChI is InChI=1S/C11H12O4/c1-2-14-10(12)9-11(13,15-9)8-6-4-3-5-7-8/h3-7,9,13H,2H2,1H3. The predicted octanol–water partition coefficient (Wildman–Crippen LogP) is 0.794. The molecule has 2 atom stereocenters. The molecule has 0 saturated carbocycles. The molecule has 80 valence electrons. The lowest BCUT2D eigenvalue weighted by atomic mass is 10.1. The first kappa shape index (κ1) is 10.1. The number of esters is 1. The fourth-order valence-corrected chi connectivity index (χ4v) is 1.47. The van der Waals surface area contributed by atoms with E-state index < -0.39 is 17.9 Å². The van der Waals surface area contributed by atoms with Crippen molar-refractivity contribution in [2.45, 2.75) is 18.8 Å². The number of epoxide rings is 1. The third-order valence-electron chi connectivity index (χ3n) is 2.28. The third-order valence-corrected chi connectivity index (χ3v) is 2.28. The second kappa shape index (κ2) is 3.64. The number of hydrogen-bond donors (Lipinski definition) is 1. The summed E-state index contributed by atoms with van der Waals surface area (Å²) in [6, 6.07) is 8.79. The molecule has 0 aromatic heterocycles. The smallest absolute Gasteiger partial charge is 0.341 e. The lowest BCUT2D eigenvalue weighted by molar-refractivity contribution is -0.144. The SMILES string of the molecule is CCOC(=O)C1OC1(O)c1ccccc1. The average molecular weight is 208 g/mol. The van der Waals surface area contributed by atoms with Gasteiger partial charge in [0.2, 0.25) is 11.9 Å². The maximum absolute atomic E-state index is 11.3. The zero-order valence-electron chi connectivity index (χ0n) is 8.34. The van der Waals surface area contributed by atoms with Gasteiger partial charge in [-0.05, 0) is 6.92 Å². The molecule has 15 heavy (non-hydrogen) atoms. The van der Waals surface area contributed by atoms with Crippen LogP contribution in [-0.4, -0.2) is 23.8 Å². The number of carbonyl (C=O) groups excluding carboxylic acids is 1. The molecule has 4 nitrogen and oxygen atoms in total. The van der Waals surface area contributed by atoms with Crippen molar-refractivity contribution in [2.75, 3.05) is 6.61 Å². The molecular formula is C11H12O4. The Morgan fingerprint density at radius 1 is 1.53 bits per heavy atom. The summed E-state index contributed by atoms with van der Waals surface area (Å²) in [4.78, 5) is 11.3. The van der Waals surface area contributed by atoms with Crippen molar-refractivity contribution in [1.29, 1.82) is 0 Å². The van der Waals surface area contributed by atoms with Crippen molar-refractivity contribution in [3.05, 3.63) is 35.9 Å². The van der Waals surface area contributed by atoms with Gasteiger partial charge in [0.1, 0.15) is 0 Å². The van der Waals surface area contributed by atoms with Crippen LogP contribution in [-0.2, 0) is 20.1 Å². The number of rotatable bonds is 3. The van der Waals surface area contributed by atoms with Crippen molar-refractivity contribution < 1.29 is 19.4 Å². The molecule has 1 aromatic carbocycles. The van der Waals surface area contributed by atoms with Gasteiger partial charge in [-0.15, -0.1) is 0 Å². The predicted molar refractivity (Wildman–Crippen MR) is 51.8 cm³/mol. The number of aliphatic hydroxyl groups is 1. The molecule has 2 unspecified atom stereocenters. The molecule has 1 aliphatic rings. The number of benzene rings is 1. The van der Waals surface area contributed by atoms with Crippen LogP contribution in [0.3, 0.4) is 0 Å². The fraction of sp³-hybridized carbons (Fsp3) is 0.364. The molecular weight excluding hydrogens is 196 g/mol. The molecule has 1 N–H and O–H groups in total. The van der Waals surface area contributed by atoms with Crippen molar-refractivity contribution in [2.24, 2.45) is 0 Å². The Balaban J connectivity index is 2.10. The van der Waals surface area contributed by atoms with Crippen LogP contribution in [0.2, 0.25) is 0 Å². The summed E-state index contributed by atoms with van der Waals surface area (Å²) in [5, 5.41) is 9.93. The molecule has 1 saturated heterocycles. The molecule has 1 heterocycles. The van der Waals surface area contributed by atoms with Crippen molar-refractivity contribution >= 4 is 5.97 Å². The Kier molecular flexibility index (Phi) is 2.46. The first-order chi connectivity index (χ1) is 7.18. The minimum Gasteiger partial charge on any atom is -0.464 e. The molecule has 1 aromatic rings. The van der Waals surface area contributed by atoms with E-state index in [0.717, 1.165) is 0 Å². The fourth-order valence-electron chi connectivity index (χ4n) is 1.47. The number of ether oxygens (including phenoxy) is 2. The number of carbonyl (C=O) groups is 1. The second-order valence-corrected chi connectivity index (χ2v) is 3.31. The van der Waals surface area contributed by atoms with E-state index in [1.165, 1.54) is 0 Å². The summed E-state index contributed by atoms with van der Waals surface area (Å²) < 4.78 is 9.74. The molecule has 4 heteroatoms. The molecule has 0 spiro atoms. The van der Waals surface area contributed by atoms with Crippen LogP contribution >= 0.6 is 0 Å². The van der Waals surface area contributed by atoms with Gasteiger partial charge in [-0.3, -0.25) is 0 Å². The lowest BCUT2D eigenvalue weighted by Crippen LogP contribution is -2.20. The quantitative estimate of drug-likeness (QED) is 0.589. The first-order valence-corrected chi connectivity index (χ1v) is 4.81. The van der Waals surface area contributed by atoms with Crippen LogP contribution in [0.5, 0.6) is 0 Å². The lowest BCUT2D eigenvalue weighted by Gasteiger charge is -2.04. The Morgan fingerprint density at radius 3 is 2.80 bits per heavy atom. The zero-order chi connectivity index (χ0) is 10.9. The summed E-state index contributed by atoms with van der Waals surface area (Å²) >= 11 is 0. The van der Waals surface area contributed by atoms with E-state index in [9.17, 15) is 9.90 Å². The highest BCUT2D eigenvalue weighted by Crippen LogP contribution is 2.44. The molecule has 0 bridgehead atoms. The van der Waals surface area contributed by atoms with Gasteiger partial charge in [0, 0.05) is 5.56 Å². The van der Waals surface area contributed by atoms with Crippen LogP contribution in [0.15, 0.2) is 30.3 Å². The van der Waals surface area contributed by atoms with Crippen molar-refractivity contribution in [1.82, 2.24) is 0 Å². The van der Waals surface area contributed by atoms with Gasteiger partial charge in [0.05, 0.1) is 6.61 Å². The first-order valence-electron chi connectivity index (χ1n) is 4.81. The molecule has 2 rings (SSSR count). The maximum Gasteiger partial charge on any atom is 0.341 e. The van der Waals surface area contributed by atoms with Crippen LogP contribution in [0.1, 0.15) is 12.5 Å². The van der Waals surface area contributed by atoms with Gasteiger partial charge in [-0.1, -0.05) is 30.3 Å². The Labute approximate surface area is 87.4 Å². The van der Waals surface area contributed by atoms with Crippen LogP contribution in [0, 0.1) is 0 Å². The molecule has 0 aliphatic carbocycles. The summed E-state index contributed by atoms with van der Waals surface area (Å²) in [6.07, 6.45) is -0.889. The minimum absolute atomic E-state index is 0.281. The topological polar surface area (TPSA) is 59.1 Å². The van der Waals surface area contributed by atoms with E-state index in [4.69, 9.17) is 9.47 Å². The summed E-state index contributed by atoms with van der Waals surface area (Å²) in [7, 11) is 0. The van der Waals surface area contributed by atoms with Crippen LogP contribution in [0.4, 0.5) is 0 Å². The highest BCUT2D eigenvalue weighted by Gasteiger charge is 2.62. The van der Waals surface area contributed by atoms with E-state index in [1.807, 2.05) is 6.07 Å². The van der Waals surface area contributed by atoms with Gasteiger partial charge in [-0.2, -0.15) is 0 Å². The molecule has 0 radical (unpaired) electrons. The van der Waals surface area contributed by atoms with Gasteiger partial charge in [-0.25, -0.2) is 4.79 Å². The Hall–Kier alpha value is -1.39. The third kappa shape index (κ3) is 1.73. The van der Waals surface area contributed by atoms with E-state index in [1.54, 1.807) is 31.2 Å². The molecule has 1 aliphatic heterocycles. The Morgan fingerprint density at radius 2 is 2.20 bits per heavy atom. The minimum atomic E-state index is -1.49. The Bertz CT molecular complexity index is 362. The average Bonchev–Trinajstić information content (AvgIpc) is 2.94. The van der Waals surface area contributed by atoms with E-state index in [0.29, 0.717) is 5.56 Å². The van der Waals surface area contributed by atoms with Crippen molar-refractivity contribution in [3.63, 3.8) is 0 Å². The number of hydrogen-bond acceptors (Lipinski definition) is 4. The van der Waals surface area contributed by atoms with Crippen LogP contribution in [0.25, 0.3) is 0 Å².